The summed E-state index contributed by atoms with van der Waals surface area (Å²) in [4.78, 5) is 34.5. The first-order chi connectivity index (χ1) is 26.3. The largest absolute Gasteiger partial charge is 0.472 e. The van der Waals surface area contributed by atoms with Gasteiger partial charge in [-0.05, 0) is 51.4 Å². The second kappa shape index (κ2) is 39.2. The number of allylic oxidation sites excluding steroid dienone is 8. The Bertz CT molecular complexity index is 1040. The molecule has 0 saturated carbocycles. The molecule has 0 fully saturated rings. The lowest BCUT2D eigenvalue weighted by Crippen LogP contribution is -2.28. The molecule has 0 aliphatic heterocycles. The van der Waals surface area contributed by atoms with Crippen molar-refractivity contribution in [3.63, 3.8) is 0 Å². The molecule has 0 aliphatic rings. The van der Waals surface area contributed by atoms with E-state index in [0.717, 1.165) is 57.8 Å². The molecule has 0 saturated heterocycles. The van der Waals surface area contributed by atoms with Gasteiger partial charge in [0.15, 0.2) is 0 Å². The molecule has 0 aliphatic carbocycles. The molecule has 11 heteroatoms. The number of esters is 2. The quantitative estimate of drug-likeness (QED) is 0.0238. The lowest BCUT2D eigenvalue weighted by Gasteiger charge is -2.20. The van der Waals surface area contributed by atoms with Gasteiger partial charge in [-0.3, -0.25) is 18.6 Å². The molecule has 10 nitrogen and oxygen atoms in total. The normalized spacial score (nSPS) is 14.4. The number of hydrogen-bond acceptors (Lipinski definition) is 9. The zero-order valence-electron chi connectivity index (χ0n) is 33.9. The fraction of sp³-hybridized carbons (Fsp3) is 0.767. The van der Waals surface area contributed by atoms with Crippen LogP contribution in [-0.2, 0) is 32.7 Å². The van der Waals surface area contributed by atoms with E-state index >= 15 is 0 Å². The SMILES string of the molecule is CC/C=C\C/C=C\C/C=C\C/C=C\CCCCC(=O)OC(CO)COP(=O)(O)OCC(CO)OC(=O)CCCCCCCCCCCCCCCCCC. The van der Waals surface area contributed by atoms with Crippen LogP contribution in [0, 0.1) is 0 Å². The summed E-state index contributed by atoms with van der Waals surface area (Å²) in [5.74, 6) is -1.06. The van der Waals surface area contributed by atoms with Crippen molar-refractivity contribution in [2.24, 2.45) is 0 Å². The van der Waals surface area contributed by atoms with Gasteiger partial charge in [-0.15, -0.1) is 0 Å². The van der Waals surface area contributed by atoms with Gasteiger partial charge >= 0.3 is 19.8 Å². The summed E-state index contributed by atoms with van der Waals surface area (Å²) in [5.41, 5.74) is 0. The highest BCUT2D eigenvalue weighted by molar-refractivity contribution is 7.47. The van der Waals surface area contributed by atoms with Crippen LogP contribution in [0.4, 0.5) is 0 Å². The van der Waals surface area contributed by atoms with Crippen molar-refractivity contribution in [3.8, 4) is 0 Å². The number of carbonyl (C=O) groups excluding carboxylic acids is 2. The number of phosphoric ester groups is 1. The molecule has 314 valence electrons. The standard InChI is InChI=1S/C43H77O10P/c1-3-5-7-9-11-13-15-17-19-21-23-25-27-29-31-33-35-43(47)53-41(37-45)39-51-54(48,49)50-38-40(36-44)52-42(46)34-32-30-28-26-24-22-20-18-16-14-12-10-8-6-4-2/h6,8,12,14,18,20,24,26,40-41,44-45H,3-5,7,9-11,13,15-17,19,21-23,25,27-39H2,1-2H3,(H,48,49)/b8-6-,14-12-,20-18-,26-24-. The third kappa shape index (κ3) is 36.9. The van der Waals surface area contributed by atoms with E-state index in [1.807, 2.05) is 0 Å². The minimum atomic E-state index is -4.64. The lowest BCUT2D eigenvalue weighted by atomic mass is 10.0. The Hall–Kier alpha value is -2.07. The summed E-state index contributed by atoms with van der Waals surface area (Å²) in [6, 6.07) is 0. The van der Waals surface area contributed by atoms with Gasteiger partial charge in [0.1, 0.15) is 12.2 Å². The first-order valence-electron chi connectivity index (χ1n) is 21.1. The molecule has 54 heavy (non-hydrogen) atoms. The van der Waals surface area contributed by atoms with Crippen LogP contribution in [0.3, 0.4) is 0 Å². The minimum absolute atomic E-state index is 0.139. The number of unbranched alkanes of at least 4 members (excludes halogenated alkanes) is 17. The first-order valence-corrected chi connectivity index (χ1v) is 22.6. The molecule has 0 bridgehead atoms. The highest BCUT2D eigenvalue weighted by Crippen LogP contribution is 2.43. The smallest absolute Gasteiger partial charge is 0.457 e. The van der Waals surface area contributed by atoms with Crippen molar-refractivity contribution in [1.82, 2.24) is 0 Å². The van der Waals surface area contributed by atoms with E-state index in [4.69, 9.17) is 18.5 Å². The average Bonchev–Trinajstić information content (AvgIpc) is 3.16. The van der Waals surface area contributed by atoms with Crippen LogP contribution in [-0.4, -0.2) is 65.7 Å². The Balaban J connectivity index is 3.98. The van der Waals surface area contributed by atoms with Crippen molar-refractivity contribution < 1.29 is 47.8 Å². The van der Waals surface area contributed by atoms with Crippen molar-refractivity contribution >= 4 is 19.8 Å². The van der Waals surface area contributed by atoms with Crippen molar-refractivity contribution in [2.45, 2.75) is 187 Å². The Labute approximate surface area is 328 Å². The molecule has 0 heterocycles. The molecule has 0 spiro atoms. The van der Waals surface area contributed by atoms with E-state index in [2.05, 4.69) is 62.5 Å². The van der Waals surface area contributed by atoms with E-state index in [9.17, 15) is 29.3 Å². The number of aliphatic hydroxyl groups excluding tert-OH is 2. The van der Waals surface area contributed by atoms with Gasteiger partial charge in [0, 0.05) is 12.8 Å². The predicted octanol–water partition coefficient (Wildman–Crippen LogP) is 10.9. The zero-order chi connectivity index (χ0) is 39.8. The Kier molecular flexibility index (Phi) is 37.7. The molecule has 3 N–H and O–H groups in total. The molecule has 0 aromatic heterocycles. The summed E-state index contributed by atoms with van der Waals surface area (Å²) >= 11 is 0. The van der Waals surface area contributed by atoms with Gasteiger partial charge in [-0.2, -0.15) is 0 Å². The van der Waals surface area contributed by atoms with Crippen LogP contribution in [0.5, 0.6) is 0 Å². The van der Waals surface area contributed by atoms with E-state index < -0.39 is 58.4 Å². The maximum atomic E-state index is 12.3. The molecule has 0 amide bonds. The summed E-state index contributed by atoms with van der Waals surface area (Å²) in [6.45, 7) is 2.05. The minimum Gasteiger partial charge on any atom is -0.457 e. The second-order valence-electron chi connectivity index (χ2n) is 13.9. The molecule has 3 unspecified atom stereocenters. The van der Waals surface area contributed by atoms with Crippen molar-refractivity contribution in [2.75, 3.05) is 26.4 Å². The highest BCUT2D eigenvalue weighted by Gasteiger charge is 2.27. The van der Waals surface area contributed by atoms with Crippen LogP contribution in [0.25, 0.3) is 0 Å². The number of rotatable bonds is 39. The number of carbonyl (C=O) groups is 2. The summed E-state index contributed by atoms with van der Waals surface area (Å²) in [5, 5.41) is 19.1. The Morgan fingerprint density at radius 1 is 0.519 bits per heavy atom. The highest BCUT2D eigenvalue weighted by atomic mass is 31.2. The fourth-order valence-electron chi connectivity index (χ4n) is 5.58. The number of phosphoric acid groups is 1. The third-order valence-corrected chi connectivity index (χ3v) is 9.76. The van der Waals surface area contributed by atoms with E-state index in [1.54, 1.807) is 0 Å². The van der Waals surface area contributed by atoms with Crippen molar-refractivity contribution in [1.29, 1.82) is 0 Å². The van der Waals surface area contributed by atoms with Crippen LogP contribution in [0.2, 0.25) is 0 Å². The maximum Gasteiger partial charge on any atom is 0.472 e. The van der Waals surface area contributed by atoms with Gasteiger partial charge < -0.3 is 24.6 Å². The fourth-order valence-corrected chi connectivity index (χ4v) is 6.36. The topological polar surface area (TPSA) is 149 Å². The molecular weight excluding hydrogens is 707 g/mol. The van der Waals surface area contributed by atoms with Gasteiger partial charge in [0.25, 0.3) is 0 Å². The van der Waals surface area contributed by atoms with Gasteiger partial charge in [0.2, 0.25) is 0 Å². The third-order valence-electron chi connectivity index (χ3n) is 8.81. The summed E-state index contributed by atoms with van der Waals surface area (Å²) in [6.07, 6.45) is 40.9. The first kappa shape index (κ1) is 51.9. The number of ether oxygens (including phenoxy) is 2. The van der Waals surface area contributed by atoms with Gasteiger partial charge in [-0.25, -0.2) is 4.57 Å². The Morgan fingerprint density at radius 3 is 1.26 bits per heavy atom. The van der Waals surface area contributed by atoms with Gasteiger partial charge in [0.05, 0.1) is 26.4 Å². The lowest BCUT2D eigenvalue weighted by molar-refractivity contribution is -0.153. The van der Waals surface area contributed by atoms with E-state index in [0.29, 0.717) is 12.8 Å². The molecule has 0 aromatic carbocycles. The molecule has 3 atom stereocenters. The van der Waals surface area contributed by atoms with Crippen molar-refractivity contribution in [3.05, 3.63) is 48.6 Å². The van der Waals surface area contributed by atoms with Crippen LogP contribution in [0.1, 0.15) is 174 Å². The summed E-state index contributed by atoms with van der Waals surface area (Å²) in [7, 11) is -4.64. The van der Waals surface area contributed by atoms with Crippen LogP contribution >= 0.6 is 7.82 Å². The Morgan fingerprint density at radius 2 is 0.870 bits per heavy atom. The molecular formula is C43H77O10P. The van der Waals surface area contributed by atoms with E-state index in [-0.39, 0.29) is 12.8 Å². The second-order valence-corrected chi connectivity index (χ2v) is 15.4. The number of hydrogen-bond donors (Lipinski definition) is 3. The van der Waals surface area contributed by atoms with Crippen LogP contribution < -0.4 is 0 Å². The summed E-state index contributed by atoms with van der Waals surface area (Å²) < 4.78 is 32.5. The monoisotopic (exact) mass is 785 g/mol. The number of aliphatic hydroxyl groups is 2. The van der Waals surface area contributed by atoms with E-state index in [1.165, 1.54) is 77.0 Å². The molecule has 0 aromatic rings. The molecule has 0 radical (unpaired) electrons. The zero-order valence-corrected chi connectivity index (χ0v) is 34.8. The predicted molar refractivity (Wildman–Crippen MR) is 219 cm³/mol. The molecule has 0 rings (SSSR count). The van der Waals surface area contributed by atoms with Crippen LogP contribution in [0.15, 0.2) is 48.6 Å². The average molecular weight is 785 g/mol. The maximum absolute atomic E-state index is 12.3. The van der Waals surface area contributed by atoms with Gasteiger partial charge in [-0.1, -0.05) is 159 Å².